The molecule has 0 aliphatic heterocycles. The number of hydrogen-bond acceptors (Lipinski definition) is 8. The van der Waals surface area contributed by atoms with Gasteiger partial charge in [0.1, 0.15) is 5.92 Å². The topological polar surface area (TPSA) is 134 Å². The summed E-state index contributed by atoms with van der Waals surface area (Å²) < 4.78 is 4.82. The van der Waals surface area contributed by atoms with Gasteiger partial charge in [0.2, 0.25) is 4.77 Å². The van der Waals surface area contributed by atoms with Crippen LogP contribution in [0.3, 0.4) is 0 Å². The molecule has 1 aromatic heterocycles. The van der Waals surface area contributed by atoms with Crippen molar-refractivity contribution < 1.29 is 9.53 Å². The zero-order chi connectivity index (χ0) is 17.7. The van der Waals surface area contributed by atoms with Crippen LogP contribution in [0.5, 0.6) is 0 Å². The molecular weight excluding hydrogens is 354 g/mol. The first-order valence-corrected chi connectivity index (χ1v) is 7.26. The van der Waals surface area contributed by atoms with Gasteiger partial charge in [0.15, 0.2) is 5.71 Å². The van der Waals surface area contributed by atoms with Gasteiger partial charge in [-0.1, -0.05) is 23.7 Å². The van der Waals surface area contributed by atoms with Crippen LogP contribution in [0.15, 0.2) is 29.4 Å². The van der Waals surface area contributed by atoms with Crippen LogP contribution in [0.25, 0.3) is 0 Å². The largest absolute Gasteiger partial charge is 0.464 e. The van der Waals surface area contributed by atoms with Gasteiger partial charge in [-0.15, -0.1) is 0 Å². The summed E-state index contributed by atoms with van der Waals surface area (Å²) >= 11 is 10.7. The van der Waals surface area contributed by atoms with Crippen molar-refractivity contribution in [3.8, 4) is 6.07 Å². The number of rotatable bonds is 5. The number of benzene rings is 1. The van der Waals surface area contributed by atoms with Crippen LogP contribution in [0.4, 0.5) is 5.95 Å². The van der Waals surface area contributed by atoms with E-state index in [1.165, 1.54) is 7.11 Å². The summed E-state index contributed by atoms with van der Waals surface area (Å²) in [5.74, 6) is 3.89. The number of carbonyl (C=O) groups excluding carboxylic acids is 1. The van der Waals surface area contributed by atoms with E-state index >= 15 is 0 Å². The molecule has 0 amide bonds. The minimum Gasteiger partial charge on any atom is -0.464 e. The molecule has 2 aromatic rings. The summed E-state index contributed by atoms with van der Waals surface area (Å²) in [5.41, 5.74) is 2.84. The molecule has 24 heavy (non-hydrogen) atoms. The zero-order valence-electron chi connectivity index (χ0n) is 12.4. The number of hydrazone groups is 1. The van der Waals surface area contributed by atoms with E-state index in [2.05, 4.69) is 20.6 Å². The smallest absolute Gasteiger partial charge is 0.355 e. The number of halogens is 1. The minimum absolute atomic E-state index is 0.0641. The van der Waals surface area contributed by atoms with Crippen molar-refractivity contribution in [3.63, 3.8) is 0 Å². The van der Waals surface area contributed by atoms with Gasteiger partial charge in [0.05, 0.1) is 13.2 Å². The highest BCUT2D eigenvalue weighted by Gasteiger charge is 2.26. The molecule has 124 valence electrons. The number of carbonyl (C=O) groups is 1. The molecule has 2 rings (SSSR count). The van der Waals surface area contributed by atoms with E-state index in [-0.39, 0.29) is 16.4 Å². The number of nitrogens with two attached hydrogens (primary N) is 1. The third-order valence-corrected chi connectivity index (χ3v) is 3.36. The predicted octanol–water partition coefficient (Wildman–Crippen LogP) is 1.56. The second kappa shape index (κ2) is 7.58. The lowest BCUT2D eigenvalue weighted by Crippen LogP contribution is -2.25. The first-order valence-electron chi connectivity index (χ1n) is 6.47. The Kier molecular flexibility index (Phi) is 5.51. The molecule has 0 radical (unpaired) electrons. The Morgan fingerprint density at radius 1 is 1.58 bits per heavy atom. The van der Waals surface area contributed by atoms with Crippen molar-refractivity contribution in [1.82, 2.24) is 14.9 Å². The van der Waals surface area contributed by atoms with E-state index in [4.69, 9.17) is 34.4 Å². The van der Waals surface area contributed by atoms with Crippen molar-refractivity contribution in [1.29, 1.82) is 5.26 Å². The van der Waals surface area contributed by atoms with Gasteiger partial charge in [-0.3, -0.25) is 5.10 Å². The number of nitrogens with one attached hydrogen (secondary N) is 2. The lowest BCUT2D eigenvalue weighted by Gasteiger charge is -2.11. The van der Waals surface area contributed by atoms with Crippen LogP contribution in [-0.4, -0.2) is 33.7 Å². The van der Waals surface area contributed by atoms with E-state index in [9.17, 15) is 10.1 Å². The molecule has 9 nitrogen and oxygen atoms in total. The molecular formula is C13H12ClN7O2S. The second-order valence-electron chi connectivity index (χ2n) is 4.44. The zero-order valence-corrected chi connectivity index (χ0v) is 13.9. The Balaban J connectivity index is 2.39. The van der Waals surface area contributed by atoms with E-state index in [0.717, 1.165) is 4.79 Å². The maximum atomic E-state index is 12.0. The Bertz CT molecular complexity index is 866. The standard InChI is InChI=1S/C13H12ClN7O2S/c1-23-11(22)10(18-19-12-17-13(24)20-21(12)16)9(6-15)7-2-4-8(14)5-3-7/h2-5,9H,16H2,1H3,(H2,17,19,20,24)/b18-10+/t9-/m1/s1. The average Bonchev–Trinajstić information content (AvgIpc) is 2.89. The Morgan fingerprint density at radius 3 is 2.75 bits per heavy atom. The molecule has 0 saturated heterocycles. The SMILES string of the molecule is COC(=O)/C(=N/Nc1nc(=S)[nH]n1N)[C@H](C#N)c1ccc(Cl)cc1. The summed E-state index contributed by atoms with van der Waals surface area (Å²) in [6.45, 7) is 0. The summed E-state index contributed by atoms with van der Waals surface area (Å²) in [6.07, 6.45) is 0. The Labute approximate surface area is 146 Å². The number of aromatic amines is 1. The number of nitrogens with zero attached hydrogens (tertiary/aromatic N) is 4. The van der Waals surface area contributed by atoms with Gasteiger partial charge >= 0.3 is 5.97 Å². The molecule has 4 N–H and O–H groups in total. The van der Waals surface area contributed by atoms with Crippen LogP contribution < -0.4 is 11.3 Å². The molecule has 1 heterocycles. The molecule has 1 aromatic carbocycles. The molecule has 0 saturated carbocycles. The number of ether oxygens (including phenoxy) is 1. The lowest BCUT2D eigenvalue weighted by atomic mass is 9.95. The number of H-pyrrole nitrogens is 1. The van der Waals surface area contributed by atoms with Crippen LogP contribution in [0.1, 0.15) is 11.5 Å². The fraction of sp³-hybridized carbons (Fsp3) is 0.154. The van der Waals surface area contributed by atoms with Gasteiger partial charge in [0, 0.05) is 5.02 Å². The first-order chi connectivity index (χ1) is 11.5. The van der Waals surface area contributed by atoms with Crippen LogP contribution >= 0.6 is 23.8 Å². The van der Waals surface area contributed by atoms with Crippen molar-refractivity contribution in [3.05, 3.63) is 39.6 Å². The van der Waals surface area contributed by atoms with Gasteiger partial charge in [0.25, 0.3) is 5.95 Å². The highest BCUT2D eigenvalue weighted by Crippen LogP contribution is 2.20. The molecule has 1 atom stereocenters. The molecule has 0 aliphatic rings. The van der Waals surface area contributed by atoms with E-state index < -0.39 is 11.9 Å². The number of hydrogen-bond donors (Lipinski definition) is 3. The molecule has 0 bridgehead atoms. The van der Waals surface area contributed by atoms with Gasteiger partial charge in [-0.2, -0.15) is 20.1 Å². The summed E-state index contributed by atoms with van der Waals surface area (Å²) in [6, 6.07) is 8.46. The summed E-state index contributed by atoms with van der Waals surface area (Å²) in [7, 11) is 1.19. The van der Waals surface area contributed by atoms with E-state index in [1.54, 1.807) is 24.3 Å². The van der Waals surface area contributed by atoms with Crippen molar-refractivity contribution in [2.24, 2.45) is 5.10 Å². The lowest BCUT2D eigenvalue weighted by molar-refractivity contribution is -0.132. The summed E-state index contributed by atoms with van der Waals surface area (Å²) in [4.78, 5) is 16.9. The third kappa shape index (κ3) is 3.89. The Hall–Kier alpha value is -2.90. The number of methoxy groups -OCH3 is 1. The molecule has 0 fully saturated rings. The normalized spacial score (nSPS) is 12.3. The molecule has 0 unspecified atom stereocenters. The maximum absolute atomic E-state index is 12.0. The highest BCUT2D eigenvalue weighted by atomic mass is 35.5. The number of nitriles is 1. The van der Waals surface area contributed by atoms with E-state index in [0.29, 0.717) is 10.6 Å². The monoisotopic (exact) mass is 365 g/mol. The van der Waals surface area contributed by atoms with Gasteiger partial charge < -0.3 is 10.6 Å². The Morgan fingerprint density at radius 2 is 2.25 bits per heavy atom. The molecule has 0 aliphatic carbocycles. The number of nitrogen functional groups attached to an aromatic ring is 1. The number of aromatic nitrogens is 3. The van der Waals surface area contributed by atoms with Crippen molar-refractivity contribution in [2.75, 3.05) is 18.4 Å². The molecule has 0 spiro atoms. The average molecular weight is 366 g/mol. The number of anilines is 1. The highest BCUT2D eigenvalue weighted by molar-refractivity contribution is 7.71. The molecule has 11 heteroatoms. The second-order valence-corrected chi connectivity index (χ2v) is 5.26. The third-order valence-electron chi connectivity index (χ3n) is 2.93. The maximum Gasteiger partial charge on any atom is 0.355 e. The van der Waals surface area contributed by atoms with Crippen LogP contribution in [-0.2, 0) is 9.53 Å². The van der Waals surface area contributed by atoms with Gasteiger partial charge in [-0.05, 0) is 29.9 Å². The fourth-order valence-electron chi connectivity index (χ4n) is 1.80. The van der Waals surface area contributed by atoms with Crippen LogP contribution in [0, 0.1) is 16.1 Å². The van der Waals surface area contributed by atoms with E-state index in [1.807, 2.05) is 6.07 Å². The predicted molar refractivity (Wildman–Crippen MR) is 90.4 cm³/mol. The first kappa shape index (κ1) is 17.5. The quantitative estimate of drug-likeness (QED) is 0.240. The number of esters is 1. The van der Waals surface area contributed by atoms with Crippen molar-refractivity contribution in [2.45, 2.75) is 5.92 Å². The van der Waals surface area contributed by atoms with Crippen molar-refractivity contribution >= 4 is 41.4 Å². The summed E-state index contributed by atoms with van der Waals surface area (Å²) in [5, 5.41) is 16.4. The van der Waals surface area contributed by atoms with Gasteiger partial charge in [-0.25, -0.2) is 10.2 Å². The van der Waals surface area contributed by atoms with Crippen LogP contribution in [0.2, 0.25) is 5.02 Å². The fourth-order valence-corrected chi connectivity index (χ4v) is 2.11. The minimum atomic E-state index is -0.977.